The van der Waals surface area contributed by atoms with Crippen molar-refractivity contribution in [2.75, 3.05) is 60.0 Å². The van der Waals surface area contributed by atoms with E-state index >= 15 is 0 Å². The van der Waals surface area contributed by atoms with Crippen molar-refractivity contribution >= 4 is 12.2 Å². The second-order valence-electron chi connectivity index (χ2n) is 9.15. The Kier molecular flexibility index (Phi) is 9.32. The Balaban J connectivity index is 1.62. The minimum absolute atomic E-state index is 0.309. The highest BCUT2D eigenvalue weighted by molar-refractivity contribution is 7.71. The van der Waals surface area contributed by atoms with Crippen molar-refractivity contribution in [2.45, 2.75) is 65.2 Å². The van der Waals surface area contributed by atoms with Crippen LogP contribution in [-0.2, 0) is 18.0 Å². The first-order valence-corrected chi connectivity index (χ1v) is 12.3. The van der Waals surface area contributed by atoms with Crippen molar-refractivity contribution in [3.8, 4) is 0 Å². The van der Waals surface area contributed by atoms with Crippen LogP contribution in [0.25, 0.3) is 0 Å². The summed E-state index contributed by atoms with van der Waals surface area (Å²) >= 11 is 5.88. The van der Waals surface area contributed by atoms with Crippen molar-refractivity contribution < 1.29 is 4.74 Å². The lowest BCUT2D eigenvalue weighted by molar-refractivity contribution is 0.0228. The molecule has 0 N–H and O–H groups in total. The van der Waals surface area contributed by atoms with E-state index in [2.05, 4.69) is 51.9 Å². The summed E-state index contributed by atoms with van der Waals surface area (Å²) in [5.74, 6) is 1.94. The summed E-state index contributed by atoms with van der Waals surface area (Å²) in [5, 5.41) is 5.03. The highest BCUT2D eigenvalue weighted by Gasteiger charge is 2.25. The van der Waals surface area contributed by atoms with Gasteiger partial charge in [-0.3, -0.25) is 14.7 Å². The predicted octanol–water partition coefficient (Wildman–Crippen LogP) is 3.23. The van der Waals surface area contributed by atoms with Crippen LogP contribution >= 0.6 is 12.2 Å². The minimum atomic E-state index is 0.309. The van der Waals surface area contributed by atoms with Gasteiger partial charge in [0.1, 0.15) is 5.82 Å². The number of likely N-dealkylation sites (tertiary alicyclic amines) is 1. The molecule has 0 spiro atoms. The maximum atomic E-state index is 5.88. The molecule has 3 rings (SSSR count). The normalized spacial score (nSPS) is 20.8. The molecule has 0 aromatic carbocycles. The Morgan fingerprint density at radius 2 is 1.80 bits per heavy atom. The quantitative estimate of drug-likeness (QED) is 0.523. The molecule has 0 amide bonds. The number of ether oxygens (including phenoxy) is 1. The fourth-order valence-electron chi connectivity index (χ4n) is 4.75. The molecule has 2 aliphatic heterocycles. The van der Waals surface area contributed by atoms with Crippen LogP contribution in [0.1, 0.15) is 57.8 Å². The molecule has 3 heterocycles. The van der Waals surface area contributed by atoms with Gasteiger partial charge in [-0.15, -0.1) is 0 Å². The smallest absolute Gasteiger partial charge is 0.199 e. The fourth-order valence-corrected chi connectivity index (χ4v) is 5.03. The Labute approximate surface area is 188 Å². The number of piperidine rings is 1. The molecule has 1 unspecified atom stereocenters. The first-order valence-electron chi connectivity index (χ1n) is 11.9. The van der Waals surface area contributed by atoms with Crippen LogP contribution in [0.15, 0.2) is 0 Å². The van der Waals surface area contributed by atoms with Gasteiger partial charge >= 0.3 is 0 Å². The number of unbranched alkanes of at least 4 members (excludes halogenated alkanes) is 1. The van der Waals surface area contributed by atoms with Gasteiger partial charge in [0.05, 0.1) is 25.9 Å². The molecule has 0 aliphatic carbocycles. The Morgan fingerprint density at radius 3 is 2.40 bits per heavy atom. The maximum Gasteiger partial charge on any atom is 0.199 e. The monoisotopic (exact) mass is 438 g/mol. The second kappa shape index (κ2) is 11.7. The molecular formula is C22H42N6OS. The Bertz CT molecular complexity index is 688. The third kappa shape index (κ3) is 6.13. The van der Waals surface area contributed by atoms with Gasteiger partial charge < -0.3 is 9.30 Å². The van der Waals surface area contributed by atoms with Crippen molar-refractivity contribution in [1.29, 1.82) is 0 Å². The molecule has 1 aromatic heterocycles. The summed E-state index contributed by atoms with van der Waals surface area (Å²) in [6.07, 6.45) is 5.89. The van der Waals surface area contributed by atoms with Crippen molar-refractivity contribution in [1.82, 2.24) is 29.0 Å². The largest absolute Gasteiger partial charge is 0.379 e. The minimum Gasteiger partial charge on any atom is -0.379 e. The predicted molar refractivity (Wildman–Crippen MR) is 124 cm³/mol. The summed E-state index contributed by atoms with van der Waals surface area (Å²) < 4.78 is 10.7. The van der Waals surface area contributed by atoms with Crippen LogP contribution in [-0.4, -0.2) is 89.1 Å². The van der Waals surface area contributed by atoms with E-state index in [0.717, 1.165) is 82.0 Å². The average molecular weight is 439 g/mol. The molecule has 0 bridgehead atoms. The van der Waals surface area contributed by atoms with E-state index in [-0.39, 0.29) is 0 Å². The second-order valence-corrected chi connectivity index (χ2v) is 9.51. The molecule has 2 saturated heterocycles. The van der Waals surface area contributed by atoms with E-state index in [1.54, 1.807) is 0 Å². The molecule has 2 fully saturated rings. The zero-order valence-electron chi connectivity index (χ0n) is 19.6. The highest BCUT2D eigenvalue weighted by Crippen LogP contribution is 2.23. The molecule has 8 heteroatoms. The fraction of sp³-hybridized carbons (Fsp3) is 0.909. The lowest BCUT2D eigenvalue weighted by Gasteiger charge is -2.35. The first kappa shape index (κ1) is 23.9. The van der Waals surface area contributed by atoms with E-state index in [4.69, 9.17) is 22.1 Å². The SMILES string of the molecule is CCCCn1c(C(CC)N(C)C)nn(CN2CCC(CN3CCOCC3)CC2)c1=S. The summed E-state index contributed by atoms with van der Waals surface area (Å²) in [7, 11) is 4.28. The zero-order valence-corrected chi connectivity index (χ0v) is 20.4. The number of morpholine rings is 1. The molecule has 0 radical (unpaired) electrons. The lowest BCUT2D eigenvalue weighted by Crippen LogP contribution is -2.43. The number of aromatic nitrogens is 3. The van der Waals surface area contributed by atoms with Gasteiger partial charge in [0, 0.05) is 39.3 Å². The van der Waals surface area contributed by atoms with Crippen LogP contribution in [0.3, 0.4) is 0 Å². The van der Waals surface area contributed by atoms with Gasteiger partial charge in [-0.05, 0) is 57.9 Å². The molecule has 0 saturated carbocycles. The Hall–Kier alpha value is -0.800. The molecule has 2 aliphatic rings. The van der Waals surface area contributed by atoms with Crippen LogP contribution in [0.5, 0.6) is 0 Å². The molecule has 1 atom stereocenters. The van der Waals surface area contributed by atoms with Gasteiger partial charge in [-0.25, -0.2) is 4.68 Å². The van der Waals surface area contributed by atoms with E-state index in [0.29, 0.717) is 6.04 Å². The van der Waals surface area contributed by atoms with Crippen LogP contribution < -0.4 is 0 Å². The molecule has 7 nitrogen and oxygen atoms in total. The maximum absolute atomic E-state index is 5.88. The average Bonchev–Trinajstić information content (AvgIpc) is 3.04. The van der Waals surface area contributed by atoms with E-state index in [1.807, 2.05) is 0 Å². The Morgan fingerprint density at radius 1 is 1.10 bits per heavy atom. The number of hydrogen-bond acceptors (Lipinski definition) is 6. The van der Waals surface area contributed by atoms with Crippen LogP contribution in [0.2, 0.25) is 0 Å². The van der Waals surface area contributed by atoms with Gasteiger partial charge in [-0.1, -0.05) is 20.3 Å². The number of nitrogens with zero attached hydrogens (tertiary/aromatic N) is 6. The molecule has 172 valence electrons. The van der Waals surface area contributed by atoms with Crippen molar-refractivity contribution in [3.05, 3.63) is 10.6 Å². The van der Waals surface area contributed by atoms with E-state index < -0.39 is 0 Å². The van der Waals surface area contributed by atoms with E-state index in [9.17, 15) is 0 Å². The number of hydrogen-bond donors (Lipinski definition) is 0. The van der Waals surface area contributed by atoms with Gasteiger partial charge in [0.15, 0.2) is 4.77 Å². The van der Waals surface area contributed by atoms with Gasteiger partial charge in [0.2, 0.25) is 0 Å². The van der Waals surface area contributed by atoms with Crippen molar-refractivity contribution in [3.63, 3.8) is 0 Å². The lowest BCUT2D eigenvalue weighted by atomic mass is 9.96. The first-order chi connectivity index (χ1) is 14.5. The highest BCUT2D eigenvalue weighted by atomic mass is 32.1. The van der Waals surface area contributed by atoms with Crippen LogP contribution in [0, 0.1) is 10.7 Å². The van der Waals surface area contributed by atoms with Crippen molar-refractivity contribution in [2.24, 2.45) is 5.92 Å². The molecular weight excluding hydrogens is 396 g/mol. The molecule has 30 heavy (non-hydrogen) atoms. The third-order valence-electron chi connectivity index (χ3n) is 6.66. The summed E-state index contributed by atoms with van der Waals surface area (Å²) in [6, 6.07) is 0.309. The van der Waals surface area contributed by atoms with E-state index in [1.165, 1.54) is 25.8 Å². The molecule has 1 aromatic rings. The van der Waals surface area contributed by atoms with Gasteiger partial charge in [0.25, 0.3) is 0 Å². The van der Waals surface area contributed by atoms with Crippen LogP contribution in [0.4, 0.5) is 0 Å². The standard InChI is InChI=1S/C22H42N6OS/c1-5-7-10-27-21(20(6-2)24(3)4)23-28(22(27)30)18-26-11-8-19(9-12-26)17-25-13-15-29-16-14-25/h19-20H,5-18H2,1-4H3. The third-order valence-corrected chi connectivity index (χ3v) is 7.09. The summed E-state index contributed by atoms with van der Waals surface area (Å²) in [4.78, 5) is 7.37. The van der Waals surface area contributed by atoms with Gasteiger partial charge in [-0.2, -0.15) is 5.10 Å². The summed E-state index contributed by atoms with van der Waals surface area (Å²) in [5.41, 5.74) is 0. The topological polar surface area (TPSA) is 41.7 Å². The zero-order chi connectivity index (χ0) is 21.5. The number of rotatable bonds is 10. The summed E-state index contributed by atoms with van der Waals surface area (Å²) in [6.45, 7) is 13.7.